The van der Waals surface area contributed by atoms with Gasteiger partial charge in [-0.15, -0.1) is 0 Å². The van der Waals surface area contributed by atoms with Gasteiger partial charge in [0.05, 0.1) is 22.7 Å². The van der Waals surface area contributed by atoms with Crippen molar-refractivity contribution in [2.75, 3.05) is 19.0 Å². The molecule has 0 bridgehead atoms. The average molecular weight is 324 g/mol. The van der Waals surface area contributed by atoms with Crippen LogP contribution < -0.4 is 5.32 Å². The molecule has 0 radical (unpaired) electrons. The van der Waals surface area contributed by atoms with Crippen molar-refractivity contribution < 1.29 is 9.53 Å². The van der Waals surface area contributed by atoms with Gasteiger partial charge in [-0.3, -0.25) is 0 Å². The Bertz CT molecular complexity index is 644. The number of ether oxygens (including phenoxy) is 1. The van der Waals surface area contributed by atoms with E-state index in [-0.39, 0.29) is 5.97 Å². The molecule has 0 spiro atoms. The van der Waals surface area contributed by atoms with Gasteiger partial charge in [0.1, 0.15) is 0 Å². The minimum Gasteiger partial charge on any atom is -0.465 e. The Labute approximate surface area is 133 Å². The number of nitrogens with one attached hydrogen (secondary N) is 1. The first-order chi connectivity index (χ1) is 10.1. The summed E-state index contributed by atoms with van der Waals surface area (Å²) < 4.78 is 4.76. The predicted octanol–water partition coefficient (Wildman–Crippen LogP) is 4.43. The highest BCUT2D eigenvalue weighted by Gasteiger charge is 2.10. The van der Waals surface area contributed by atoms with E-state index in [0.29, 0.717) is 22.2 Å². The molecule has 0 saturated heterocycles. The quantitative estimate of drug-likeness (QED) is 0.827. The first-order valence-corrected chi connectivity index (χ1v) is 7.22. The summed E-state index contributed by atoms with van der Waals surface area (Å²) in [5.41, 5.74) is 2.35. The molecule has 2 aromatic carbocycles. The molecule has 0 unspecified atom stereocenters. The number of halogens is 2. The van der Waals surface area contributed by atoms with E-state index in [9.17, 15) is 4.79 Å². The number of rotatable bonds is 5. The maximum atomic E-state index is 11.7. The minimum atomic E-state index is -0.354. The molecule has 2 rings (SSSR count). The largest absolute Gasteiger partial charge is 0.465 e. The van der Waals surface area contributed by atoms with Crippen LogP contribution in [-0.4, -0.2) is 19.6 Å². The van der Waals surface area contributed by atoms with Crippen LogP contribution in [0.5, 0.6) is 0 Å². The third-order valence-electron chi connectivity index (χ3n) is 3.05. The normalized spacial score (nSPS) is 10.2. The number of methoxy groups -OCH3 is 1. The zero-order valence-corrected chi connectivity index (χ0v) is 13.0. The molecule has 0 aromatic heterocycles. The third-order valence-corrected chi connectivity index (χ3v) is 3.78. The van der Waals surface area contributed by atoms with Gasteiger partial charge < -0.3 is 10.1 Å². The number of esters is 1. The maximum absolute atomic E-state index is 11.7. The lowest BCUT2D eigenvalue weighted by Crippen LogP contribution is -2.10. The maximum Gasteiger partial charge on any atom is 0.339 e. The molecule has 5 heteroatoms. The highest BCUT2D eigenvalue weighted by Crippen LogP contribution is 2.23. The van der Waals surface area contributed by atoms with Crippen LogP contribution in [0.2, 0.25) is 10.0 Å². The summed E-state index contributed by atoms with van der Waals surface area (Å²) in [5.74, 6) is -0.354. The monoisotopic (exact) mass is 323 g/mol. The molecule has 0 aliphatic rings. The van der Waals surface area contributed by atoms with E-state index >= 15 is 0 Å². The van der Waals surface area contributed by atoms with Crippen LogP contribution in [0.4, 0.5) is 5.69 Å². The molecular formula is C16H15Cl2NO2. The standard InChI is InChI=1S/C16H15Cl2NO2/c1-21-16(20)12-4-2-3-5-15(12)19-9-8-11-6-7-13(17)14(18)10-11/h2-7,10,19H,8-9H2,1H3. The second-order valence-electron chi connectivity index (χ2n) is 4.46. The Kier molecular flexibility index (Phi) is 5.48. The summed E-state index contributed by atoms with van der Waals surface area (Å²) in [6.07, 6.45) is 0.770. The van der Waals surface area contributed by atoms with Gasteiger partial charge in [-0.05, 0) is 36.2 Å². The van der Waals surface area contributed by atoms with E-state index in [4.69, 9.17) is 27.9 Å². The Morgan fingerprint density at radius 3 is 2.62 bits per heavy atom. The van der Waals surface area contributed by atoms with Crippen molar-refractivity contribution in [1.82, 2.24) is 0 Å². The SMILES string of the molecule is COC(=O)c1ccccc1NCCc1ccc(Cl)c(Cl)c1. The number of benzene rings is 2. The van der Waals surface area contributed by atoms with Crippen LogP contribution in [0.3, 0.4) is 0 Å². The molecule has 0 aliphatic carbocycles. The lowest BCUT2D eigenvalue weighted by molar-refractivity contribution is 0.0602. The van der Waals surface area contributed by atoms with Crippen LogP contribution in [0.1, 0.15) is 15.9 Å². The van der Waals surface area contributed by atoms with Gasteiger partial charge >= 0.3 is 5.97 Å². The van der Waals surface area contributed by atoms with Crippen LogP contribution >= 0.6 is 23.2 Å². The van der Waals surface area contributed by atoms with Crippen LogP contribution in [-0.2, 0) is 11.2 Å². The van der Waals surface area contributed by atoms with E-state index in [2.05, 4.69) is 5.32 Å². The summed E-state index contributed by atoms with van der Waals surface area (Å²) in [5, 5.41) is 4.33. The van der Waals surface area contributed by atoms with Gasteiger partial charge in [-0.1, -0.05) is 41.4 Å². The smallest absolute Gasteiger partial charge is 0.339 e. The van der Waals surface area contributed by atoms with Gasteiger partial charge in [0.25, 0.3) is 0 Å². The second kappa shape index (κ2) is 7.34. The number of para-hydroxylation sites is 1. The van der Waals surface area contributed by atoms with Crippen molar-refractivity contribution in [3.8, 4) is 0 Å². The number of anilines is 1. The zero-order valence-electron chi connectivity index (χ0n) is 11.5. The molecule has 0 fully saturated rings. The van der Waals surface area contributed by atoms with Gasteiger partial charge in [-0.25, -0.2) is 4.79 Å². The summed E-state index contributed by atoms with van der Waals surface area (Å²) in [4.78, 5) is 11.7. The van der Waals surface area contributed by atoms with Crippen molar-refractivity contribution in [1.29, 1.82) is 0 Å². The Morgan fingerprint density at radius 1 is 1.14 bits per heavy atom. The number of carbonyl (C=O) groups excluding carboxylic acids is 1. The Morgan fingerprint density at radius 2 is 1.90 bits per heavy atom. The van der Waals surface area contributed by atoms with E-state index in [1.54, 1.807) is 18.2 Å². The minimum absolute atomic E-state index is 0.354. The molecule has 0 saturated carbocycles. The average Bonchev–Trinajstić information content (AvgIpc) is 2.50. The molecule has 110 valence electrons. The first-order valence-electron chi connectivity index (χ1n) is 6.47. The lowest BCUT2D eigenvalue weighted by Gasteiger charge is -2.11. The van der Waals surface area contributed by atoms with E-state index in [1.165, 1.54) is 7.11 Å². The molecule has 1 N–H and O–H groups in total. The Hall–Kier alpha value is -1.71. The highest BCUT2D eigenvalue weighted by atomic mass is 35.5. The van der Waals surface area contributed by atoms with Crippen molar-refractivity contribution in [3.05, 3.63) is 63.6 Å². The van der Waals surface area contributed by atoms with Crippen molar-refractivity contribution in [3.63, 3.8) is 0 Å². The second-order valence-corrected chi connectivity index (χ2v) is 5.28. The third kappa shape index (κ3) is 4.13. The fraction of sp³-hybridized carbons (Fsp3) is 0.188. The van der Waals surface area contributed by atoms with Gasteiger partial charge in [-0.2, -0.15) is 0 Å². The highest BCUT2D eigenvalue weighted by molar-refractivity contribution is 6.42. The summed E-state index contributed by atoms with van der Waals surface area (Å²) in [6.45, 7) is 0.673. The van der Waals surface area contributed by atoms with Gasteiger partial charge in [0.2, 0.25) is 0 Å². The molecule has 3 nitrogen and oxygen atoms in total. The number of hydrogen-bond donors (Lipinski definition) is 1. The fourth-order valence-corrected chi connectivity index (χ4v) is 2.28. The number of hydrogen-bond acceptors (Lipinski definition) is 3. The first kappa shape index (κ1) is 15.7. The van der Waals surface area contributed by atoms with Crippen molar-refractivity contribution in [2.24, 2.45) is 0 Å². The van der Waals surface area contributed by atoms with Crippen LogP contribution in [0.25, 0.3) is 0 Å². The molecule has 2 aromatic rings. The lowest BCUT2D eigenvalue weighted by atomic mass is 10.1. The van der Waals surface area contributed by atoms with Gasteiger partial charge in [0.15, 0.2) is 0 Å². The predicted molar refractivity (Wildman–Crippen MR) is 86.4 cm³/mol. The van der Waals surface area contributed by atoms with Crippen molar-refractivity contribution >= 4 is 34.9 Å². The number of carbonyl (C=O) groups is 1. The zero-order chi connectivity index (χ0) is 15.2. The molecule has 0 aliphatic heterocycles. The van der Waals surface area contributed by atoms with Crippen LogP contribution in [0, 0.1) is 0 Å². The van der Waals surface area contributed by atoms with E-state index in [1.807, 2.05) is 24.3 Å². The topological polar surface area (TPSA) is 38.3 Å². The molecule has 0 heterocycles. The molecule has 0 atom stereocenters. The van der Waals surface area contributed by atoms with Crippen LogP contribution in [0.15, 0.2) is 42.5 Å². The summed E-state index contributed by atoms with van der Waals surface area (Å²) in [6, 6.07) is 12.8. The van der Waals surface area contributed by atoms with Gasteiger partial charge in [0, 0.05) is 12.2 Å². The Balaban J connectivity index is 2.00. The van der Waals surface area contributed by atoms with E-state index < -0.39 is 0 Å². The fourth-order valence-electron chi connectivity index (χ4n) is 1.96. The molecular weight excluding hydrogens is 309 g/mol. The summed E-state index contributed by atoms with van der Waals surface area (Å²) >= 11 is 11.9. The summed E-state index contributed by atoms with van der Waals surface area (Å²) in [7, 11) is 1.37. The van der Waals surface area contributed by atoms with Crippen molar-refractivity contribution in [2.45, 2.75) is 6.42 Å². The molecule has 0 amide bonds. The van der Waals surface area contributed by atoms with E-state index in [0.717, 1.165) is 17.7 Å². The molecule has 21 heavy (non-hydrogen) atoms.